The van der Waals surface area contributed by atoms with E-state index in [0.717, 1.165) is 57.7 Å². The van der Waals surface area contributed by atoms with Crippen molar-refractivity contribution in [2.24, 2.45) is 5.73 Å². The molecular formula is C15H23ClN2O. The lowest BCUT2D eigenvalue weighted by atomic mass is 10.0. The van der Waals surface area contributed by atoms with Crippen LogP contribution in [-0.4, -0.2) is 37.2 Å². The van der Waals surface area contributed by atoms with E-state index in [1.54, 1.807) is 0 Å². The van der Waals surface area contributed by atoms with E-state index in [4.69, 9.17) is 10.5 Å². The first-order chi connectivity index (χ1) is 8.81. The first kappa shape index (κ1) is 14.6. The summed E-state index contributed by atoms with van der Waals surface area (Å²) in [7, 11) is 0. The molecule has 106 valence electrons. The Kier molecular flexibility index (Phi) is 5.08. The molecule has 1 fully saturated rings. The molecule has 0 aliphatic carbocycles. The number of fused-ring (bicyclic) bond motifs is 1. The first-order valence-electron chi connectivity index (χ1n) is 7.04. The zero-order valence-electron chi connectivity index (χ0n) is 11.3. The molecule has 0 saturated carbocycles. The van der Waals surface area contributed by atoms with Gasteiger partial charge in [-0.1, -0.05) is 12.1 Å². The van der Waals surface area contributed by atoms with Crippen molar-refractivity contribution in [2.75, 3.05) is 26.2 Å². The molecule has 3 nitrogen and oxygen atoms in total. The van der Waals surface area contributed by atoms with Gasteiger partial charge in [0.1, 0.15) is 5.75 Å². The minimum Gasteiger partial charge on any atom is -0.493 e. The van der Waals surface area contributed by atoms with E-state index >= 15 is 0 Å². The molecule has 2 heterocycles. The van der Waals surface area contributed by atoms with Crippen molar-refractivity contribution in [1.82, 2.24) is 4.90 Å². The van der Waals surface area contributed by atoms with Crippen LogP contribution in [0.4, 0.5) is 0 Å². The molecule has 3 rings (SSSR count). The van der Waals surface area contributed by atoms with E-state index in [0.29, 0.717) is 6.04 Å². The highest BCUT2D eigenvalue weighted by Crippen LogP contribution is 2.26. The summed E-state index contributed by atoms with van der Waals surface area (Å²) in [5, 5.41) is 0. The van der Waals surface area contributed by atoms with Gasteiger partial charge in [0.15, 0.2) is 0 Å². The predicted molar refractivity (Wildman–Crippen MR) is 80.2 cm³/mol. The molecule has 1 aromatic carbocycles. The molecule has 0 radical (unpaired) electrons. The summed E-state index contributed by atoms with van der Waals surface area (Å²) in [6.07, 6.45) is 4.51. The molecular weight excluding hydrogens is 260 g/mol. The second-order valence-electron chi connectivity index (χ2n) is 5.47. The van der Waals surface area contributed by atoms with Crippen LogP contribution in [0.3, 0.4) is 0 Å². The zero-order chi connectivity index (χ0) is 12.4. The third kappa shape index (κ3) is 3.62. The molecule has 0 amide bonds. The number of ether oxygens (including phenoxy) is 1. The van der Waals surface area contributed by atoms with Crippen LogP contribution >= 0.6 is 12.4 Å². The summed E-state index contributed by atoms with van der Waals surface area (Å²) >= 11 is 0. The Morgan fingerprint density at radius 3 is 2.84 bits per heavy atom. The van der Waals surface area contributed by atoms with Gasteiger partial charge in [0.25, 0.3) is 0 Å². The summed E-state index contributed by atoms with van der Waals surface area (Å²) < 4.78 is 5.54. The maximum atomic E-state index is 5.93. The van der Waals surface area contributed by atoms with Crippen LogP contribution in [0, 0.1) is 0 Å². The average molecular weight is 283 g/mol. The minimum atomic E-state index is 0. The first-order valence-corrected chi connectivity index (χ1v) is 7.04. The molecule has 0 aromatic heterocycles. The highest BCUT2D eigenvalue weighted by molar-refractivity contribution is 5.85. The zero-order valence-corrected chi connectivity index (χ0v) is 12.1. The van der Waals surface area contributed by atoms with Crippen LogP contribution in [0.15, 0.2) is 18.2 Å². The van der Waals surface area contributed by atoms with Gasteiger partial charge in [-0.15, -0.1) is 12.4 Å². The van der Waals surface area contributed by atoms with E-state index in [2.05, 4.69) is 23.1 Å². The Morgan fingerprint density at radius 2 is 2.05 bits per heavy atom. The highest BCUT2D eigenvalue weighted by Gasteiger charge is 2.16. The number of rotatable bonds is 3. The standard InChI is InChI=1S/C15H22N2O.ClH/c16-14-4-8-17(9-5-14)7-3-12-1-2-15-13(11-12)6-10-18-15;/h1-2,11,14H,3-10,16H2;1H. The molecule has 19 heavy (non-hydrogen) atoms. The molecule has 0 bridgehead atoms. The van der Waals surface area contributed by atoms with E-state index in [-0.39, 0.29) is 12.4 Å². The van der Waals surface area contributed by atoms with Crippen molar-refractivity contribution in [2.45, 2.75) is 31.7 Å². The van der Waals surface area contributed by atoms with Crippen molar-refractivity contribution < 1.29 is 4.74 Å². The number of nitrogens with zero attached hydrogens (tertiary/aromatic N) is 1. The average Bonchev–Trinajstić information content (AvgIpc) is 2.85. The molecule has 1 saturated heterocycles. The minimum absolute atomic E-state index is 0. The van der Waals surface area contributed by atoms with Gasteiger partial charge >= 0.3 is 0 Å². The molecule has 2 aliphatic heterocycles. The Morgan fingerprint density at radius 1 is 1.26 bits per heavy atom. The number of piperidine rings is 1. The van der Waals surface area contributed by atoms with Gasteiger partial charge in [-0.05, 0) is 49.5 Å². The molecule has 1 aromatic rings. The van der Waals surface area contributed by atoms with Gasteiger partial charge in [-0.25, -0.2) is 0 Å². The van der Waals surface area contributed by atoms with Gasteiger partial charge in [-0.3, -0.25) is 0 Å². The van der Waals surface area contributed by atoms with Crippen LogP contribution in [0.5, 0.6) is 5.75 Å². The summed E-state index contributed by atoms with van der Waals surface area (Å²) in [6, 6.07) is 7.08. The van der Waals surface area contributed by atoms with Crippen LogP contribution < -0.4 is 10.5 Å². The van der Waals surface area contributed by atoms with E-state index in [1.165, 1.54) is 11.1 Å². The Labute approximate surface area is 121 Å². The molecule has 2 aliphatic rings. The number of nitrogens with two attached hydrogens (primary N) is 1. The van der Waals surface area contributed by atoms with Crippen LogP contribution in [0.25, 0.3) is 0 Å². The Bertz CT molecular complexity index is 417. The van der Waals surface area contributed by atoms with Gasteiger partial charge < -0.3 is 15.4 Å². The number of hydrogen-bond donors (Lipinski definition) is 1. The Hall–Kier alpha value is -0.770. The van der Waals surface area contributed by atoms with Crippen LogP contribution in [0.1, 0.15) is 24.0 Å². The quantitative estimate of drug-likeness (QED) is 0.922. The number of hydrogen-bond acceptors (Lipinski definition) is 3. The lowest BCUT2D eigenvalue weighted by Crippen LogP contribution is -2.40. The SMILES string of the molecule is Cl.NC1CCN(CCc2ccc3c(c2)CCO3)CC1. The highest BCUT2D eigenvalue weighted by atomic mass is 35.5. The summed E-state index contributed by atoms with van der Waals surface area (Å²) in [6.45, 7) is 4.33. The topological polar surface area (TPSA) is 38.5 Å². The van der Waals surface area contributed by atoms with E-state index in [9.17, 15) is 0 Å². The van der Waals surface area contributed by atoms with Gasteiger partial charge in [0.2, 0.25) is 0 Å². The molecule has 2 N–H and O–H groups in total. The largest absolute Gasteiger partial charge is 0.493 e. The Balaban J connectivity index is 0.00000133. The van der Waals surface area contributed by atoms with E-state index in [1.807, 2.05) is 0 Å². The maximum absolute atomic E-state index is 5.93. The normalized spacial score (nSPS) is 19.6. The van der Waals surface area contributed by atoms with Crippen LogP contribution in [-0.2, 0) is 12.8 Å². The number of likely N-dealkylation sites (tertiary alicyclic amines) is 1. The summed E-state index contributed by atoms with van der Waals surface area (Å²) in [4.78, 5) is 2.53. The van der Waals surface area contributed by atoms with Gasteiger partial charge in [0, 0.05) is 19.0 Å². The van der Waals surface area contributed by atoms with Gasteiger partial charge in [0.05, 0.1) is 6.61 Å². The lowest BCUT2D eigenvalue weighted by Gasteiger charge is -2.30. The van der Waals surface area contributed by atoms with Crippen molar-refractivity contribution in [3.8, 4) is 5.75 Å². The second kappa shape index (κ2) is 6.60. The van der Waals surface area contributed by atoms with Crippen molar-refractivity contribution in [3.63, 3.8) is 0 Å². The fourth-order valence-corrected chi connectivity index (χ4v) is 2.86. The van der Waals surface area contributed by atoms with Crippen molar-refractivity contribution in [1.29, 1.82) is 0 Å². The summed E-state index contributed by atoms with van der Waals surface area (Å²) in [5.41, 5.74) is 8.75. The third-order valence-corrected chi connectivity index (χ3v) is 4.10. The molecule has 0 atom stereocenters. The smallest absolute Gasteiger partial charge is 0.122 e. The van der Waals surface area contributed by atoms with Gasteiger partial charge in [-0.2, -0.15) is 0 Å². The fourth-order valence-electron chi connectivity index (χ4n) is 2.86. The second-order valence-corrected chi connectivity index (χ2v) is 5.47. The summed E-state index contributed by atoms with van der Waals surface area (Å²) in [5.74, 6) is 1.09. The number of benzene rings is 1. The predicted octanol–water partition coefficient (Wildman–Crippen LogP) is 2.01. The fraction of sp³-hybridized carbons (Fsp3) is 0.600. The van der Waals surface area contributed by atoms with Crippen molar-refractivity contribution in [3.05, 3.63) is 29.3 Å². The monoisotopic (exact) mass is 282 g/mol. The van der Waals surface area contributed by atoms with E-state index < -0.39 is 0 Å². The molecule has 0 unspecified atom stereocenters. The van der Waals surface area contributed by atoms with Crippen molar-refractivity contribution >= 4 is 12.4 Å². The maximum Gasteiger partial charge on any atom is 0.122 e. The lowest BCUT2D eigenvalue weighted by molar-refractivity contribution is 0.215. The van der Waals surface area contributed by atoms with Crippen LogP contribution in [0.2, 0.25) is 0 Å². The molecule has 0 spiro atoms. The third-order valence-electron chi connectivity index (χ3n) is 4.10. The number of halogens is 1. The molecule has 4 heteroatoms.